The summed E-state index contributed by atoms with van der Waals surface area (Å²) in [5.74, 6) is 0.124. The highest BCUT2D eigenvalue weighted by atomic mass is 16.5. The van der Waals surface area contributed by atoms with Gasteiger partial charge in [-0.1, -0.05) is 12.1 Å². The van der Waals surface area contributed by atoms with Gasteiger partial charge >= 0.3 is 5.97 Å². The molecule has 0 radical (unpaired) electrons. The number of carboxylic acid groups (broad SMARTS) is 1. The number of azo groups is 1. The van der Waals surface area contributed by atoms with E-state index in [1.807, 2.05) is 31.2 Å². The van der Waals surface area contributed by atoms with E-state index in [-0.39, 0.29) is 6.42 Å². The van der Waals surface area contributed by atoms with Crippen molar-refractivity contribution in [2.24, 2.45) is 10.2 Å². The Kier molecular flexibility index (Phi) is 4.24. The van der Waals surface area contributed by atoms with Gasteiger partial charge in [-0.25, -0.2) is 4.98 Å². The summed E-state index contributed by atoms with van der Waals surface area (Å²) in [6.07, 6.45) is 1.58. The Hall–Kier alpha value is -3.22. The van der Waals surface area contributed by atoms with Gasteiger partial charge in [-0.2, -0.15) is 0 Å². The molecule has 0 saturated carbocycles. The average molecular weight is 324 g/mol. The first-order valence-electron chi connectivity index (χ1n) is 7.32. The molecule has 0 amide bonds. The molecule has 2 aromatic heterocycles. The summed E-state index contributed by atoms with van der Waals surface area (Å²) >= 11 is 0. The van der Waals surface area contributed by atoms with Gasteiger partial charge in [0, 0.05) is 12.3 Å². The smallest absolute Gasteiger partial charge is 0.309 e. The van der Waals surface area contributed by atoms with Crippen LogP contribution in [0.3, 0.4) is 0 Å². The number of hydrogen-bond acceptors (Lipinski definition) is 5. The van der Waals surface area contributed by atoms with Crippen molar-refractivity contribution < 1.29 is 14.6 Å². The number of aromatic nitrogens is 2. The van der Waals surface area contributed by atoms with Crippen LogP contribution in [0, 0.1) is 6.92 Å². The summed E-state index contributed by atoms with van der Waals surface area (Å²) in [5.41, 5.74) is 2.60. The maximum atomic E-state index is 11.1. The highest BCUT2D eigenvalue weighted by Gasteiger charge is 2.16. The maximum Gasteiger partial charge on any atom is 0.309 e. The molecular weight excluding hydrogens is 308 g/mol. The largest absolute Gasteiger partial charge is 0.497 e. The fraction of sp³-hybridized carbons (Fsp3) is 0.176. The molecule has 0 aliphatic carbocycles. The van der Waals surface area contributed by atoms with Gasteiger partial charge in [-0.15, -0.1) is 10.2 Å². The maximum absolute atomic E-state index is 11.1. The zero-order valence-corrected chi connectivity index (χ0v) is 13.3. The van der Waals surface area contributed by atoms with Gasteiger partial charge in [0.05, 0.1) is 24.9 Å². The Morgan fingerprint density at radius 2 is 2.12 bits per heavy atom. The zero-order chi connectivity index (χ0) is 17.1. The normalized spacial score (nSPS) is 11.2. The Balaban J connectivity index is 2.07. The predicted molar refractivity (Wildman–Crippen MR) is 88.4 cm³/mol. The number of carbonyl (C=O) groups is 1. The van der Waals surface area contributed by atoms with Crippen molar-refractivity contribution in [3.05, 3.63) is 53.9 Å². The lowest BCUT2D eigenvalue weighted by Crippen LogP contribution is -2.00. The quantitative estimate of drug-likeness (QED) is 0.725. The number of imidazole rings is 1. The van der Waals surface area contributed by atoms with Crippen LogP contribution in [0.25, 0.3) is 5.65 Å². The lowest BCUT2D eigenvalue weighted by Gasteiger charge is -2.00. The number of aryl methyl sites for hydroxylation is 1. The van der Waals surface area contributed by atoms with Gasteiger partial charge in [0.2, 0.25) is 0 Å². The molecule has 3 aromatic rings. The van der Waals surface area contributed by atoms with Crippen molar-refractivity contribution >= 4 is 23.1 Å². The molecule has 0 saturated heterocycles. The number of aliphatic carboxylic acids is 1. The summed E-state index contributed by atoms with van der Waals surface area (Å²) in [5, 5.41) is 17.5. The third kappa shape index (κ3) is 3.10. The number of benzene rings is 1. The minimum atomic E-state index is -0.964. The van der Waals surface area contributed by atoms with Crippen molar-refractivity contribution in [3.63, 3.8) is 0 Å². The molecule has 0 unspecified atom stereocenters. The predicted octanol–water partition coefficient (Wildman–Crippen LogP) is 3.69. The van der Waals surface area contributed by atoms with E-state index in [1.54, 1.807) is 29.8 Å². The second-order valence-electron chi connectivity index (χ2n) is 5.24. The first-order chi connectivity index (χ1) is 11.6. The van der Waals surface area contributed by atoms with Crippen molar-refractivity contribution in [1.29, 1.82) is 0 Å². The van der Waals surface area contributed by atoms with Gasteiger partial charge in [-0.05, 0) is 30.7 Å². The molecule has 122 valence electrons. The SMILES string of the molecule is COc1cccc(N=Nc2c(CC(=O)O)nc3c(C)cccn23)c1. The Morgan fingerprint density at radius 1 is 1.29 bits per heavy atom. The van der Waals surface area contributed by atoms with Crippen LogP contribution < -0.4 is 4.74 Å². The fourth-order valence-corrected chi connectivity index (χ4v) is 2.38. The van der Waals surface area contributed by atoms with E-state index in [0.717, 1.165) is 5.56 Å². The van der Waals surface area contributed by atoms with E-state index < -0.39 is 5.97 Å². The van der Waals surface area contributed by atoms with Gasteiger partial charge in [-0.3, -0.25) is 9.20 Å². The number of fused-ring (bicyclic) bond motifs is 1. The Morgan fingerprint density at radius 3 is 2.88 bits per heavy atom. The van der Waals surface area contributed by atoms with Crippen LogP contribution in [-0.4, -0.2) is 27.6 Å². The third-order valence-corrected chi connectivity index (χ3v) is 3.52. The Bertz CT molecular complexity index is 931. The van der Waals surface area contributed by atoms with Crippen LogP contribution >= 0.6 is 0 Å². The number of rotatable bonds is 5. The topological polar surface area (TPSA) is 88.5 Å². The van der Waals surface area contributed by atoms with Crippen molar-refractivity contribution in [3.8, 4) is 5.75 Å². The number of hydrogen-bond donors (Lipinski definition) is 1. The number of nitrogens with zero attached hydrogens (tertiary/aromatic N) is 4. The highest BCUT2D eigenvalue weighted by Crippen LogP contribution is 2.27. The number of methoxy groups -OCH3 is 1. The summed E-state index contributed by atoms with van der Waals surface area (Å²) in [6.45, 7) is 1.91. The molecule has 0 aliphatic heterocycles. The van der Waals surface area contributed by atoms with Crippen LogP contribution in [0.15, 0.2) is 52.8 Å². The summed E-state index contributed by atoms with van der Waals surface area (Å²) < 4.78 is 6.90. The molecule has 0 spiro atoms. The molecule has 1 N–H and O–H groups in total. The molecule has 7 heteroatoms. The van der Waals surface area contributed by atoms with Crippen LogP contribution in [0.1, 0.15) is 11.3 Å². The number of carboxylic acids is 1. The standard InChI is InChI=1S/C17H16N4O3/c1-11-5-4-8-21-16(11)18-14(10-15(22)23)17(21)20-19-12-6-3-7-13(9-12)24-2/h3-9H,10H2,1-2H3,(H,22,23). The zero-order valence-electron chi connectivity index (χ0n) is 13.3. The third-order valence-electron chi connectivity index (χ3n) is 3.52. The molecule has 0 bridgehead atoms. The van der Waals surface area contributed by atoms with E-state index in [4.69, 9.17) is 9.84 Å². The molecule has 24 heavy (non-hydrogen) atoms. The highest BCUT2D eigenvalue weighted by molar-refractivity contribution is 5.72. The molecule has 7 nitrogen and oxygen atoms in total. The molecule has 0 atom stereocenters. The molecule has 3 rings (SSSR count). The van der Waals surface area contributed by atoms with Crippen molar-refractivity contribution in [2.45, 2.75) is 13.3 Å². The molecule has 2 heterocycles. The number of pyridine rings is 1. The first-order valence-corrected chi connectivity index (χ1v) is 7.32. The summed E-state index contributed by atoms with van der Waals surface area (Å²) in [4.78, 5) is 15.5. The van der Waals surface area contributed by atoms with Crippen molar-refractivity contribution in [1.82, 2.24) is 9.38 Å². The van der Waals surface area contributed by atoms with E-state index in [9.17, 15) is 4.79 Å². The van der Waals surface area contributed by atoms with Gasteiger partial charge < -0.3 is 9.84 Å². The molecular formula is C17H16N4O3. The van der Waals surface area contributed by atoms with E-state index in [1.165, 1.54) is 0 Å². The van der Waals surface area contributed by atoms with E-state index in [2.05, 4.69) is 15.2 Å². The Labute approximate surface area is 138 Å². The van der Waals surface area contributed by atoms with Gasteiger partial charge in [0.25, 0.3) is 0 Å². The average Bonchev–Trinajstić information content (AvgIpc) is 2.91. The van der Waals surface area contributed by atoms with Crippen LogP contribution in [0.5, 0.6) is 5.75 Å². The van der Waals surface area contributed by atoms with Crippen LogP contribution in [0.2, 0.25) is 0 Å². The monoisotopic (exact) mass is 324 g/mol. The van der Waals surface area contributed by atoms with E-state index in [0.29, 0.717) is 28.6 Å². The summed E-state index contributed by atoms with van der Waals surface area (Å²) in [7, 11) is 1.58. The lowest BCUT2D eigenvalue weighted by molar-refractivity contribution is -0.136. The number of ether oxygens (including phenoxy) is 1. The van der Waals surface area contributed by atoms with Gasteiger partial charge in [0.15, 0.2) is 5.82 Å². The van der Waals surface area contributed by atoms with Crippen LogP contribution in [0.4, 0.5) is 11.5 Å². The molecule has 0 fully saturated rings. The molecule has 0 aliphatic rings. The minimum Gasteiger partial charge on any atom is -0.497 e. The molecule has 1 aromatic carbocycles. The summed E-state index contributed by atoms with van der Waals surface area (Å²) in [6, 6.07) is 10.9. The van der Waals surface area contributed by atoms with Crippen LogP contribution in [-0.2, 0) is 11.2 Å². The second-order valence-corrected chi connectivity index (χ2v) is 5.24. The minimum absolute atomic E-state index is 0.215. The van der Waals surface area contributed by atoms with Gasteiger partial charge in [0.1, 0.15) is 11.4 Å². The fourth-order valence-electron chi connectivity index (χ4n) is 2.38. The lowest BCUT2D eigenvalue weighted by atomic mass is 10.3. The van der Waals surface area contributed by atoms with E-state index >= 15 is 0 Å². The second kappa shape index (κ2) is 6.49. The van der Waals surface area contributed by atoms with Crippen molar-refractivity contribution in [2.75, 3.05) is 7.11 Å². The first kappa shape index (κ1) is 15.7.